The lowest BCUT2D eigenvalue weighted by molar-refractivity contribution is -0.384. The summed E-state index contributed by atoms with van der Waals surface area (Å²) in [4.78, 5) is 27.7. The van der Waals surface area contributed by atoms with Crippen molar-refractivity contribution in [2.75, 3.05) is 6.54 Å². The molecule has 1 N–H and O–H groups in total. The maximum Gasteiger partial charge on any atom is 0.280 e. The molecule has 0 saturated carbocycles. The summed E-state index contributed by atoms with van der Waals surface area (Å²) in [6, 6.07) is 13.4. The monoisotopic (exact) mass is 398 g/mol. The summed E-state index contributed by atoms with van der Waals surface area (Å²) >= 11 is 5.89. The SMILES string of the molecule is CC(=NCCc1ccc(Cl)cc1)c1c(C)[nH]n(-c2ccc([N+](=O)[O-])cc2)c1=O. The Balaban J connectivity index is 1.81. The fourth-order valence-corrected chi connectivity index (χ4v) is 3.09. The first-order chi connectivity index (χ1) is 13.4. The second kappa shape index (κ2) is 8.22. The van der Waals surface area contributed by atoms with Crippen LogP contribution in [0.4, 0.5) is 5.69 Å². The summed E-state index contributed by atoms with van der Waals surface area (Å²) in [7, 11) is 0. The van der Waals surface area contributed by atoms with Crippen LogP contribution in [0.25, 0.3) is 5.69 Å². The number of benzene rings is 2. The van der Waals surface area contributed by atoms with Crippen LogP contribution in [0.2, 0.25) is 5.02 Å². The first-order valence-electron chi connectivity index (χ1n) is 8.69. The van der Waals surface area contributed by atoms with Gasteiger partial charge in [0, 0.05) is 35.1 Å². The molecule has 0 bridgehead atoms. The Morgan fingerprint density at radius 1 is 1.18 bits per heavy atom. The Labute approximate surface area is 166 Å². The molecule has 0 spiro atoms. The maximum absolute atomic E-state index is 12.8. The number of nitrogens with zero attached hydrogens (tertiary/aromatic N) is 3. The van der Waals surface area contributed by atoms with Gasteiger partial charge in [0.25, 0.3) is 11.2 Å². The minimum absolute atomic E-state index is 0.0276. The van der Waals surface area contributed by atoms with Gasteiger partial charge in [0.05, 0.1) is 16.2 Å². The lowest BCUT2D eigenvalue weighted by Gasteiger charge is -2.01. The van der Waals surface area contributed by atoms with Crippen molar-refractivity contribution in [2.24, 2.45) is 4.99 Å². The van der Waals surface area contributed by atoms with Crippen LogP contribution in [0.5, 0.6) is 0 Å². The minimum atomic E-state index is -0.477. The zero-order chi connectivity index (χ0) is 20.3. The first-order valence-corrected chi connectivity index (χ1v) is 9.07. The van der Waals surface area contributed by atoms with Gasteiger partial charge in [-0.25, -0.2) is 4.68 Å². The molecule has 0 saturated heterocycles. The minimum Gasteiger partial charge on any atom is -0.295 e. The van der Waals surface area contributed by atoms with E-state index in [1.54, 1.807) is 13.8 Å². The van der Waals surface area contributed by atoms with Gasteiger partial charge in [-0.2, -0.15) is 0 Å². The van der Waals surface area contributed by atoms with E-state index in [-0.39, 0.29) is 11.2 Å². The molecule has 0 aliphatic heterocycles. The molecule has 28 heavy (non-hydrogen) atoms. The van der Waals surface area contributed by atoms with E-state index in [0.717, 1.165) is 12.0 Å². The summed E-state index contributed by atoms with van der Waals surface area (Å²) in [6.07, 6.45) is 0.745. The quantitative estimate of drug-likeness (QED) is 0.385. The number of aromatic amines is 1. The molecular weight excluding hydrogens is 380 g/mol. The molecule has 0 fully saturated rings. The first kappa shape index (κ1) is 19.6. The van der Waals surface area contributed by atoms with Crippen molar-refractivity contribution in [3.8, 4) is 5.69 Å². The summed E-state index contributed by atoms with van der Waals surface area (Å²) in [5, 5.41) is 14.5. The second-order valence-electron chi connectivity index (χ2n) is 6.37. The number of non-ortho nitro benzene ring substituents is 1. The Bertz CT molecular complexity index is 1080. The van der Waals surface area contributed by atoms with Crippen molar-refractivity contribution in [3.63, 3.8) is 0 Å². The van der Waals surface area contributed by atoms with Gasteiger partial charge in [-0.3, -0.25) is 25.0 Å². The van der Waals surface area contributed by atoms with Crippen LogP contribution in [0.3, 0.4) is 0 Å². The molecule has 0 amide bonds. The number of rotatable bonds is 6. The number of nitro groups is 1. The van der Waals surface area contributed by atoms with Crippen LogP contribution in [-0.4, -0.2) is 27.0 Å². The molecule has 0 radical (unpaired) electrons. The van der Waals surface area contributed by atoms with Gasteiger partial charge >= 0.3 is 0 Å². The summed E-state index contributed by atoms with van der Waals surface area (Å²) < 4.78 is 1.37. The van der Waals surface area contributed by atoms with Crippen molar-refractivity contribution in [1.82, 2.24) is 9.78 Å². The Morgan fingerprint density at radius 2 is 1.82 bits per heavy atom. The molecule has 1 heterocycles. The molecular formula is C20H19ClN4O3. The van der Waals surface area contributed by atoms with Gasteiger partial charge in [-0.05, 0) is 50.1 Å². The highest BCUT2D eigenvalue weighted by molar-refractivity contribution is 6.30. The van der Waals surface area contributed by atoms with Gasteiger partial charge in [-0.1, -0.05) is 23.7 Å². The molecule has 2 aromatic carbocycles. The molecule has 144 valence electrons. The van der Waals surface area contributed by atoms with E-state index in [0.29, 0.717) is 34.2 Å². The molecule has 3 rings (SSSR count). The molecule has 1 aromatic heterocycles. The van der Waals surface area contributed by atoms with Gasteiger partial charge in [-0.15, -0.1) is 0 Å². The number of aromatic nitrogens is 2. The van der Waals surface area contributed by atoms with Crippen LogP contribution in [0, 0.1) is 17.0 Å². The third-order valence-corrected chi connectivity index (χ3v) is 4.67. The normalized spacial score (nSPS) is 11.6. The predicted molar refractivity (Wildman–Crippen MR) is 110 cm³/mol. The van der Waals surface area contributed by atoms with Crippen LogP contribution >= 0.6 is 11.6 Å². The zero-order valence-electron chi connectivity index (χ0n) is 15.5. The Kier molecular flexibility index (Phi) is 5.75. The molecule has 0 aliphatic rings. The fraction of sp³-hybridized carbons (Fsp3) is 0.200. The van der Waals surface area contributed by atoms with E-state index >= 15 is 0 Å². The predicted octanol–water partition coefficient (Wildman–Crippen LogP) is 4.09. The van der Waals surface area contributed by atoms with E-state index in [9.17, 15) is 14.9 Å². The number of nitro benzene ring substituents is 1. The summed E-state index contributed by atoms with van der Waals surface area (Å²) in [5.41, 5.74) is 3.23. The van der Waals surface area contributed by atoms with Gasteiger partial charge < -0.3 is 0 Å². The number of nitrogens with one attached hydrogen (secondary N) is 1. The van der Waals surface area contributed by atoms with Crippen LogP contribution in [0.15, 0.2) is 58.3 Å². The van der Waals surface area contributed by atoms with Gasteiger partial charge in [0.2, 0.25) is 0 Å². The molecule has 7 nitrogen and oxygen atoms in total. The highest BCUT2D eigenvalue weighted by Crippen LogP contribution is 2.15. The largest absolute Gasteiger partial charge is 0.295 e. The summed E-state index contributed by atoms with van der Waals surface area (Å²) in [6.45, 7) is 4.16. The smallest absolute Gasteiger partial charge is 0.280 e. The Hall–Kier alpha value is -3.19. The van der Waals surface area contributed by atoms with Crippen molar-refractivity contribution in [1.29, 1.82) is 0 Å². The van der Waals surface area contributed by atoms with Crippen LogP contribution in [0.1, 0.15) is 23.7 Å². The second-order valence-corrected chi connectivity index (χ2v) is 6.81. The standard InChI is InChI=1S/C20H19ClN4O3/c1-13(22-12-11-15-3-5-16(21)6-4-15)19-14(2)23-24(20(19)26)17-7-9-18(10-8-17)25(27)28/h3-10,23H,11-12H2,1-2H3. The van der Waals surface area contributed by atoms with E-state index in [1.807, 2.05) is 24.3 Å². The van der Waals surface area contributed by atoms with Gasteiger partial charge in [0.1, 0.15) is 0 Å². The number of hydrogen-bond donors (Lipinski definition) is 1. The average molecular weight is 399 g/mol. The van der Waals surface area contributed by atoms with Crippen LogP contribution < -0.4 is 5.56 Å². The molecule has 3 aromatic rings. The lowest BCUT2D eigenvalue weighted by atomic mass is 10.1. The van der Waals surface area contributed by atoms with Crippen molar-refractivity contribution < 1.29 is 4.92 Å². The topological polar surface area (TPSA) is 93.3 Å². The van der Waals surface area contributed by atoms with E-state index in [1.165, 1.54) is 28.9 Å². The summed E-state index contributed by atoms with van der Waals surface area (Å²) in [5.74, 6) is 0. The molecule has 8 heteroatoms. The van der Waals surface area contributed by atoms with Crippen molar-refractivity contribution in [2.45, 2.75) is 20.3 Å². The third-order valence-electron chi connectivity index (χ3n) is 4.41. The van der Waals surface area contributed by atoms with E-state index in [4.69, 9.17) is 11.6 Å². The highest BCUT2D eigenvalue weighted by Gasteiger charge is 2.15. The number of halogens is 1. The van der Waals surface area contributed by atoms with Crippen molar-refractivity contribution >= 4 is 23.0 Å². The number of aryl methyl sites for hydroxylation is 1. The Morgan fingerprint density at radius 3 is 2.43 bits per heavy atom. The average Bonchev–Trinajstić information content (AvgIpc) is 2.97. The van der Waals surface area contributed by atoms with Crippen LogP contribution in [-0.2, 0) is 6.42 Å². The maximum atomic E-state index is 12.8. The van der Waals surface area contributed by atoms with Crippen molar-refractivity contribution in [3.05, 3.63) is 90.8 Å². The highest BCUT2D eigenvalue weighted by atomic mass is 35.5. The fourth-order valence-electron chi connectivity index (χ4n) is 2.96. The third kappa shape index (κ3) is 4.20. The molecule has 0 atom stereocenters. The number of hydrogen-bond acceptors (Lipinski definition) is 4. The lowest BCUT2D eigenvalue weighted by Crippen LogP contribution is -2.20. The zero-order valence-corrected chi connectivity index (χ0v) is 16.2. The van der Waals surface area contributed by atoms with E-state index < -0.39 is 4.92 Å². The molecule has 0 unspecified atom stereocenters. The van der Waals surface area contributed by atoms with Gasteiger partial charge in [0.15, 0.2) is 0 Å². The van der Waals surface area contributed by atoms with E-state index in [2.05, 4.69) is 10.1 Å². The number of aliphatic imine (C=N–C) groups is 1. The number of H-pyrrole nitrogens is 1. The molecule has 0 aliphatic carbocycles.